The summed E-state index contributed by atoms with van der Waals surface area (Å²) < 4.78 is 0. The van der Waals surface area contributed by atoms with E-state index >= 15 is 0 Å². The Hall–Kier alpha value is 0.360. The third-order valence-corrected chi connectivity index (χ3v) is 4.37. The average Bonchev–Trinajstić information content (AvgIpc) is 2.75. The maximum atomic E-state index is 3.54. The summed E-state index contributed by atoms with van der Waals surface area (Å²) in [6.45, 7) is 11.6. The van der Waals surface area contributed by atoms with E-state index in [0.29, 0.717) is 0 Å². The summed E-state index contributed by atoms with van der Waals surface area (Å²) in [5.41, 5.74) is 0. The zero-order chi connectivity index (χ0) is 11.9. The molecule has 0 saturated carbocycles. The number of likely N-dealkylation sites (tertiary alicyclic amines) is 1. The molecule has 0 radical (unpaired) electrons. The van der Waals surface area contributed by atoms with Crippen LogP contribution in [-0.2, 0) is 0 Å². The maximum absolute atomic E-state index is 3.54. The number of hydrogen-bond donors (Lipinski definition) is 0. The lowest BCUT2D eigenvalue weighted by Gasteiger charge is -2.24. The Bertz CT molecular complexity index is 207. The SMILES string of the molecule is BrCCN1CCCN(CCN2CCCC2)CC1. The number of hydrogen-bond acceptors (Lipinski definition) is 3. The summed E-state index contributed by atoms with van der Waals surface area (Å²) in [4.78, 5) is 7.87. The fourth-order valence-electron chi connectivity index (χ4n) is 2.88. The zero-order valence-corrected chi connectivity index (χ0v) is 12.5. The maximum Gasteiger partial charge on any atom is 0.0159 e. The molecule has 0 aromatic heterocycles. The summed E-state index contributed by atoms with van der Waals surface area (Å²) in [7, 11) is 0. The van der Waals surface area contributed by atoms with Crippen molar-refractivity contribution in [3.05, 3.63) is 0 Å². The van der Waals surface area contributed by atoms with E-state index in [9.17, 15) is 0 Å². The molecule has 0 aromatic rings. The average molecular weight is 304 g/mol. The lowest BCUT2D eigenvalue weighted by molar-refractivity contribution is 0.225. The lowest BCUT2D eigenvalue weighted by Crippen LogP contribution is -2.36. The minimum Gasteiger partial charge on any atom is -0.302 e. The van der Waals surface area contributed by atoms with Gasteiger partial charge in [0.15, 0.2) is 0 Å². The van der Waals surface area contributed by atoms with E-state index in [1.807, 2.05) is 0 Å². The van der Waals surface area contributed by atoms with Crippen molar-refractivity contribution in [3.8, 4) is 0 Å². The molecule has 0 aliphatic carbocycles. The van der Waals surface area contributed by atoms with Crippen LogP contribution >= 0.6 is 15.9 Å². The molecule has 100 valence electrons. The Morgan fingerprint density at radius 1 is 0.588 bits per heavy atom. The minimum atomic E-state index is 1.11. The van der Waals surface area contributed by atoms with Crippen molar-refractivity contribution in [1.82, 2.24) is 14.7 Å². The van der Waals surface area contributed by atoms with E-state index in [1.165, 1.54) is 78.2 Å². The summed E-state index contributed by atoms with van der Waals surface area (Å²) in [6.07, 6.45) is 4.17. The molecule has 0 amide bonds. The van der Waals surface area contributed by atoms with Gasteiger partial charge in [-0.25, -0.2) is 0 Å². The van der Waals surface area contributed by atoms with Crippen LogP contribution in [0.4, 0.5) is 0 Å². The van der Waals surface area contributed by atoms with Crippen LogP contribution in [-0.4, -0.2) is 78.9 Å². The largest absolute Gasteiger partial charge is 0.302 e. The number of halogens is 1. The molecular formula is C13H26BrN3. The molecule has 0 unspecified atom stereocenters. The molecule has 3 nitrogen and oxygen atoms in total. The molecule has 0 spiro atoms. The highest BCUT2D eigenvalue weighted by atomic mass is 79.9. The van der Waals surface area contributed by atoms with Gasteiger partial charge >= 0.3 is 0 Å². The van der Waals surface area contributed by atoms with Crippen LogP contribution in [0.15, 0.2) is 0 Å². The van der Waals surface area contributed by atoms with Crippen LogP contribution in [0.5, 0.6) is 0 Å². The fraction of sp³-hybridized carbons (Fsp3) is 1.00. The first-order valence-corrected chi connectivity index (χ1v) is 8.23. The summed E-state index contributed by atoms with van der Waals surface area (Å²) in [5, 5.41) is 1.11. The van der Waals surface area contributed by atoms with Crippen molar-refractivity contribution < 1.29 is 0 Å². The van der Waals surface area contributed by atoms with E-state index in [-0.39, 0.29) is 0 Å². The third kappa shape index (κ3) is 4.86. The van der Waals surface area contributed by atoms with Crippen LogP contribution in [0.2, 0.25) is 0 Å². The van der Waals surface area contributed by atoms with E-state index < -0.39 is 0 Å². The van der Waals surface area contributed by atoms with Crippen LogP contribution in [0, 0.1) is 0 Å². The first kappa shape index (κ1) is 13.8. The minimum absolute atomic E-state index is 1.11. The first-order chi connectivity index (χ1) is 8.38. The van der Waals surface area contributed by atoms with Crippen LogP contribution < -0.4 is 0 Å². The number of alkyl halides is 1. The van der Waals surface area contributed by atoms with Crippen molar-refractivity contribution >= 4 is 15.9 Å². The van der Waals surface area contributed by atoms with Gasteiger partial charge in [0.25, 0.3) is 0 Å². The molecule has 2 rings (SSSR count). The quantitative estimate of drug-likeness (QED) is 0.713. The van der Waals surface area contributed by atoms with Crippen molar-refractivity contribution in [2.75, 3.05) is 64.2 Å². The van der Waals surface area contributed by atoms with Gasteiger partial charge in [-0.2, -0.15) is 0 Å². The van der Waals surface area contributed by atoms with E-state index in [2.05, 4.69) is 30.6 Å². The van der Waals surface area contributed by atoms with Crippen molar-refractivity contribution in [3.63, 3.8) is 0 Å². The highest BCUT2D eigenvalue weighted by Crippen LogP contribution is 2.08. The summed E-state index contributed by atoms with van der Waals surface area (Å²) in [6, 6.07) is 0. The molecule has 2 aliphatic rings. The highest BCUT2D eigenvalue weighted by molar-refractivity contribution is 9.09. The van der Waals surface area contributed by atoms with Crippen molar-refractivity contribution in [2.24, 2.45) is 0 Å². The van der Waals surface area contributed by atoms with Gasteiger partial charge in [-0.3, -0.25) is 0 Å². The standard InChI is InChI=1S/C13H26BrN3/c14-4-9-16-7-3-8-17(13-11-16)12-10-15-5-1-2-6-15/h1-13H2. The van der Waals surface area contributed by atoms with E-state index in [4.69, 9.17) is 0 Å². The van der Waals surface area contributed by atoms with Gasteiger partial charge in [0.05, 0.1) is 0 Å². The molecule has 0 atom stereocenters. The second-order valence-electron chi connectivity index (χ2n) is 5.27. The Morgan fingerprint density at radius 2 is 1.06 bits per heavy atom. The van der Waals surface area contributed by atoms with Gasteiger partial charge < -0.3 is 14.7 Å². The Balaban J connectivity index is 1.63. The van der Waals surface area contributed by atoms with E-state index in [1.54, 1.807) is 0 Å². The van der Waals surface area contributed by atoms with Crippen LogP contribution in [0.1, 0.15) is 19.3 Å². The highest BCUT2D eigenvalue weighted by Gasteiger charge is 2.16. The summed E-state index contributed by atoms with van der Waals surface area (Å²) in [5.74, 6) is 0. The first-order valence-electron chi connectivity index (χ1n) is 7.11. The molecule has 0 bridgehead atoms. The fourth-order valence-corrected chi connectivity index (χ4v) is 3.38. The second kappa shape index (κ2) is 7.72. The van der Waals surface area contributed by atoms with Gasteiger partial charge in [0.2, 0.25) is 0 Å². The van der Waals surface area contributed by atoms with Crippen LogP contribution in [0.3, 0.4) is 0 Å². The summed E-state index contributed by atoms with van der Waals surface area (Å²) >= 11 is 3.54. The van der Waals surface area contributed by atoms with Gasteiger partial charge in [0, 0.05) is 38.1 Å². The molecule has 2 heterocycles. The van der Waals surface area contributed by atoms with Crippen molar-refractivity contribution in [1.29, 1.82) is 0 Å². The topological polar surface area (TPSA) is 9.72 Å². The molecule has 2 fully saturated rings. The van der Waals surface area contributed by atoms with Gasteiger partial charge in [-0.15, -0.1) is 0 Å². The predicted molar refractivity (Wildman–Crippen MR) is 77.0 cm³/mol. The molecule has 17 heavy (non-hydrogen) atoms. The number of nitrogens with zero attached hydrogens (tertiary/aromatic N) is 3. The van der Waals surface area contributed by atoms with Gasteiger partial charge in [-0.1, -0.05) is 15.9 Å². The van der Waals surface area contributed by atoms with E-state index in [0.717, 1.165) is 5.33 Å². The Kier molecular flexibility index (Phi) is 6.26. The third-order valence-electron chi connectivity index (χ3n) is 4.01. The molecule has 0 N–H and O–H groups in total. The predicted octanol–water partition coefficient (Wildman–Crippen LogP) is 1.48. The molecular weight excluding hydrogens is 278 g/mol. The molecule has 4 heteroatoms. The van der Waals surface area contributed by atoms with Crippen LogP contribution in [0.25, 0.3) is 0 Å². The zero-order valence-electron chi connectivity index (χ0n) is 10.9. The Labute approximate surface area is 114 Å². The van der Waals surface area contributed by atoms with Crippen molar-refractivity contribution in [2.45, 2.75) is 19.3 Å². The molecule has 2 aliphatic heterocycles. The normalized spacial score (nSPS) is 25.2. The van der Waals surface area contributed by atoms with Gasteiger partial charge in [-0.05, 0) is 45.4 Å². The smallest absolute Gasteiger partial charge is 0.0159 e. The molecule has 2 saturated heterocycles. The second-order valence-corrected chi connectivity index (χ2v) is 6.07. The lowest BCUT2D eigenvalue weighted by atomic mass is 10.3. The number of rotatable bonds is 5. The molecule has 0 aromatic carbocycles. The Morgan fingerprint density at radius 3 is 1.65 bits per heavy atom. The monoisotopic (exact) mass is 303 g/mol. The van der Waals surface area contributed by atoms with Gasteiger partial charge in [0.1, 0.15) is 0 Å².